The maximum Gasteiger partial charge on any atom is 0.326 e. The zero-order valence-corrected chi connectivity index (χ0v) is 29.5. The zero-order chi connectivity index (χ0) is 35.0. The second kappa shape index (κ2) is 12.6. The minimum Gasteiger partial charge on any atom is -0.483 e. The molecular formula is C37H34ClN3O7S2. The van der Waals surface area contributed by atoms with Crippen molar-refractivity contribution in [1.29, 1.82) is 0 Å². The van der Waals surface area contributed by atoms with Crippen LogP contribution in [0.25, 0.3) is 10.8 Å². The number of ether oxygens (including phenoxy) is 1. The summed E-state index contributed by atoms with van der Waals surface area (Å²) in [6, 6.07) is 17.4. The smallest absolute Gasteiger partial charge is 0.326 e. The fourth-order valence-corrected chi connectivity index (χ4v) is 12.1. The van der Waals surface area contributed by atoms with Crippen molar-refractivity contribution in [2.24, 2.45) is 35.5 Å². The fourth-order valence-electron chi connectivity index (χ4n) is 9.02. The van der Waals surface area contributed by atoms with E-state index in [9.17, 15) is 29.1 Å². The number of aliphatic carboxylic acids is 1. The molecule has 3 aromatic carbocycles. The number of carboxylic acids is 1. The molecule has 258 valence electrons. The van der Waals surface area contributed by atoms with Crippen LogP contribution in [0.2, 0.25) is 5.02 Å². The largest absolute Gasteiger partial charge is 0.483 e. The first-order valence-corrected chi connectivity index (χ1v) is 18.8. The standard InChI is InChI=1S/C37H34ClN3O7S2/c1-16(2)12-24(36(45)46)41-34(43)29-21-14-22(30(29)35(41)44)31-28(21)27(32-33(49-31)40-37(47)50-32)20-13-18(38)10-11-25(20)48-15-26(42)39-23-9-5-7-17-6-3-4-8-19(17)23/h3-11,13,16,21-22,24,27-31H,12,14-15H2,1-2H3,(H,39,42)(H,40,47)(H,45,46)/t21?,22?,24?,27-,28?,29?,30?,31?/m1/s1. The van der Waals surface area contributed by atoms with E-state index in [0.717, 1.165) is 31.9 Å². The van der Waals surface area contributed by atoms with Crippen LogP contribution in [0, 0.1) is 35.5 Å². The van der Waals surface area contributed by atoms with Crippen LogP contribution in [-0.2, 0) is 19.2 Å². The maximum absolute atomic E-state index is 14.1. The number of hydrogen-bond acceptors (Lipinski definition) is 8. The lowest BCUT2D eigenvalue weighted by atomic mass is 9.68. The minimum absolute atomic E-state index is 0.0282. The second-order valence-electron chi connectivity index (χ2n) is 14.0. The van der Waals surface area contributed by atoms with Crippen LogP contribution in [0.15, 0.2) is 70.5 Å². The number of imide groups is 1. The Bertz CT molecular complexity index is 2130. The third-order valence-electron chi connectivity index (χ3n) is 10.8. The van der Waals surface area contributed by atoms with E-state index in [1.54, 1.807) is 18.2 Å². The van der Waals surface area contributed by atoms with Crippen molar-refractivity contribution in [3.63, 3.8) is 0 Å². The van der Waals surface area contributed by atoms with Crippen molar-refractivity contribution in [1.82, 2.24) is 9.88 Å². The normalized spacial score (nSPS) is 27.0. The number of thioether (sulfide) groups is 1. The molecule has 10 nitrogen and oxygen atoms in total. The molecule has 1 aromatic heterocycles. The summed E-state index contributed by atoms with van der Waals surface area (Å²) in [6.07, 6.45) is 0.826. The number of aromatic nitrogens is 1. The zero-order valence-electron chi connectivity index (χ0n) is 27.1. The van der Waals surface area contributed by atoms with Crippen molar-refractivity contribution < 1.29 is 29.0 Å². The van der Waals surface area contributed by atoms with Gasteiger partial charge in [-0.3, -0.25) is 24.1 Å². The average Bonchev–Trinajstić information content (AvgIpc) is 3.82. The molecule has 8 rings (SSSR count). The number of likely N-dealkylation sites (tertiary alicyclic amines) is 1. The summed E-state index contributed by atoms with van der Waals surface area (Å²) in [6.45, 7) is 3.46. The molecule has 2 saturated carbocycles. The summed E-state index contributed by atoms with van der Waals surface area (Å²) < 4.78 is 6.22. The van der Waals surface area contributed by atoms with E-state index < -0.39 is 41.6 Å². The summed E-state index contributed by atoms with van der Waals surface area (Å²) in [7, 11) is 0. The van der Waals surface area contributed by atoms with Gasteiger partial charge >= 0.3 is 10.8 Å². The quantitative estimate of drug-likeness (QED) is 0.172. The van der Waals surface area contributed by atoms with Crippen LogP contribution in [0.1, 0.15) is 43.0 Å². The van der Waals surface area contributed by atoms with Gasteiger partial charge in [-0.2, -0.15) is 0 Å². The lowest BCUT2D eigenvalue weighted by Gasteiger charge is -2.43. The molecule has 50 heavy (non-hydrogen) atoms. The number of thiazole rings is 1. The molecular weight excluding hydrogens is 698 g/mol. The van der Waals surface area contributed by atoms with Crippen LogP contribution < -0.4 is 14.9 Å². The molecule has 13 heteroatoms. The highest BCUT2D eigenvalue weighted by atomic mass is 35.5. The first kappa shape index (κ1) is 33.0. The van der Waals surface area contributed by atoms with E-state index in [-0.39, 0.29) is 52.7 Å². The number of carbonyl (C=O) groups is 4. The molecule has 4 aromatic rings. The fraction of sp³-hybridized carbons (Fsp3) is 0.378. The number of nitrogens with one attached hydrogen (secondary N) is 2. The summed E-state index contributed by atoms with van der Waals surface area (Å²) in [5.41, 5.74) is 1.37. The van der Waals surface area contributed by atoms with Crippen molar-refractivity contribution in [3.05, 3.63) is 85.8 Å². The predicted octanol–water partition coefficient (Wildman–Crippen LogP) is 6.23. The van der Waals surface area contributed by atoms with Crippen LogP contribution in [0.5, 0.6) is 5.75 Å². The molecule has 0 radical (unpaired) electrons. The topological polar surface area (TPSA) is 146 Å². The van der Waals surface area contributed by atoms with Gasteiger partial charge in [-0.1, -0.05) is 73.2 Å². The number of amides is 3. The Morgan fingerprint density at radius 3 is 2.54 bits per heavy atom. The number of carbonyl (C=O) groups excluding carboxylic acids is 3. The van der Waals surface area contributed by atoms with Crippen LogP contribution in [-0.4, -0.2) is 56.6 Å². The van der Waals surface area contributed by atoms with Gasteiger partial charge in [0, 0.05) is 37.7 Å². The Hall–Kier alpha value is -4.13. The van der Waals surface area contributed by atoms with Gasteiger partial charge in [-0.15, -0.1) is 11.8 Å². The summed E-state index contributed by atoms with van der Waals surface area (Å²) in [5.74, 6) is -4.15. The van der Waals surface area contributed by atoms with Gasteiger partial charge in [0.25, 0.3) is 5.91 Å². The molecule has 7 unspecified atom stereocenters. The number of carboxylic acid groups (broad SMARTS) is 1. The van der Waals surface area contributed by atoms with Gasteiger partial charge in [0.2, 0.25) is 11.8 Å². The van der Waals surface area contributed by atoms with Crippen molar-refractivity contribution in [2.45, 2.75) is 48.9 Å². The van der Waals surface area contributed by atoms with E-state index in [1.807, 2.05) is 56.3 Å². The summed E-state index contributed by atoms with van der Waals surface area (Å²) in [4.78, 5) is 71.0. The second-order valence-corrected chi connectivity index (χ2v) is 16.7. The molecule has 3 fully saturated rings. The van der Waals surface area contributed by atoms with E-state index in [1.165, 1.54) is 11.8 Å². The Morgan fingerprint density at radius 1 is 1.04 bits per heavy atom. The third kappa shape index (κ3) is 5.34. The van der Waals surface area contributed by atoms with Crippen molar-refractivity contribution in [3.8, 4) is 5.75 Å². The SMILES string of the molecule is CC(C)CC(C(=O)O)N1C(=O)C2C3CC(C2C1=O)C1C3Sc2[nH]c(=O)sc2[C@@H]1c1cc(Cl)ccc1OCC(=O)Nc1cccc2ccccc12. The number of anilines is 1. The highest BCUT2D eigenvalue weighted by Crippen LogP contribution is 2.69. The number of rotatable bonds is 9. The lowest BCUT2D eigenvalue weighted by Crippen LogP contribution is -2.47. The molecule has 1 saturated heterocycles. The maximum atomic E-state index is 14.1. The van der Waals surface area contributed by atoms with Gasteiger partial charge < -0.3 is 20.1 Å². The summed E-state index contributed by atoms with van der Waals surface area (Å²) in [5, 5.41) is 16.0. The highest BCUT2D eigenvalue weighted by molar-refractivity contribution is 8.00. The number of benzene rings is 3. The molecule has 3 N–H and O–H groups in total. The molecule has 8 atom stereocenters. The summed E-state index contributed by atoms with van der Waals surface area (Å²) >= 11 is 9.25. The average molecular weight is 732 g/mol. The number of hydrogen-bond donors (Lipinski definition) is 3. The van der Waals surface area contributed by atoms with Crippen LogP contribution in [0.4, 0.5) is 5.69 Å². The highest BCUT2D eigenvalue weighted by Gasteiger charge is 2.70. The molecule has 4 aliphatic rings. The predicted molar refractivity (Wildman–Crippen MR) is 191 cm³/mol. The van der Waals surface area contributed by atoms with Gasteiger partial charge in [0.05, 0.1) is 16.9 Å². The Kier molecular flexibility index (Phi) is 8.31. The molecule has 3 amide bonds. The molecule has 2 aliphatic heterocycles. The van der Waals surface area contributed by atoms with Gasteiger partial charge in [0.15, 0.2) is 6.61 Å². The van der Waals surface area contributed by atoms with Crippen LogP contribution >= 0.6 is 34.7 Å². The monoisotopic (exact) mass is 731 g/mol. The van der Waals surface area contributed by atoms with Gasteiger partial charge in [-0.05, 0) is 66.2 Å². The van der Waals surface area contributed by atoms with E-state index in [2.05, 4.69) is 10.3 Å². The third-order valence-corrected chi connectivity index (χ3v) is 13.6. The first-order valence-electron chi connectivity index (χ1n) is 16.7. The molecule has 2 bridgehead atoms. The number of aromatic amines is 1. The molecule has 3 heterocycles. The Labute approximate surface area is 300 Å². The number of halogens is 1. The van der Waals surface area contributed by atoms with Gasteiger partial charge in [-0.25, -0.2) is 4.79 Å². The van der Waals surface area contributed by atoms with E-state index in [4.69, 9.17) is 16.3 Å². The number of fused-ring (bicyclic) bond motifs is 10. The van der Waals surface area contributed by atoms with Crippen LogP contribution in [0.3, 0.4) is 0 Å². The Balaban J connectivity index is 1.12. The van der Waals surface area contributed by atoms with Crippen molar-refractivity contribution in [2.75, 3.05) is 11.9 Å². The Morgan fingerprint density at radius 2 is 1.78 bits per heavy atom. The molecule has 0 spiro atoms. The number of nitrogens with zero attached hydrogens (tertiary/aromatic N) is 1. The van der Waals surface area contributed by atoms with Gasteiger partial charge in [0.1, 0.15) is 11.8 Å². The number of H-pyrrole nitrogens is 1. The minimum atomic E-state index is -1.21. The lowest BCUT2D eigenvalue weighted by molar-refractivity contribution is -0.156. The molecule has 2 aliphatic carbocycles. The van der Waals surface area contributed by atoms with E-state index in [0.29, 0.717) is 33.5 Å². The first-order chi connectivity index (χ1) is 24.0. The van der Waals surface area contributed by atoms with Crippen molar-refractivity contribution >= 4 is 74.9 Å². The van der Waals surface area contributed by atoms with E-state index >= 15 is 0 Å².